The molecule has 0 aliphatic carbocycles. The first-order valence-electron chi connectivity index (χ1n) is 3.38. The van der Waals surface area contributed by atoms with Crippen molar-refractivity contribution < 1.29 is 0 Å². The Hall–Kier alpha value is -1.57. The minimum absolute atomic E-state index is 1.15. The quantitative estimate of drug-likeness (QED) is 0.384. The summed E-state index contributed by atoms with van der Waals surface area (Å²) in [6.07, 6.45) is 5.29. The largest absolute Gasteiger partial charge is 0.323 e. The van der Waals surface area contributed by atoms with Gasteiger partial charge in [-0.2, -0.15) is 5.10 Å². The van der Waals surface area contributed by atoms with Crippen molar-refractivity contribution in [2.45, 2.75) is 0 Å². The van der Waals surface area contributed by atoms with Crippen LogP contribution in [0.15, 0.2) is 41.5 Å². The lowest BCUT2D eigenvalue weighted by Crippen LogP contribution is -1.77. The summed E-state index contributed by atoms with van der Waals surface area (Å²) in [5.41, 5.74) is 1.15. The number of hydrazone groups is 1. The van der Waals surface area contributed by atoms with Crippen LogP contribution in [0, 0.1) is 0 Å². The lowest BCUT2D eigenvalue weighted by atomic mass is 10.2. The van der Waals surface area contributed by atoms with Crippen LogP contribution in [-0.2, 0) is 0 Å². The van der Waals surface area contributed by atoms with Crippen molar-refractivity contribution >= 4 is 12.3 Å². The number of rotatable bonds is 2. The van der Waals surface area contributed by atoms with Crippen molar-refractivity contribution in [2.24, 2.45) is 10.9 Å². The number of hydrogen-bond acceptors (Lipinski definition) is 2. The van der Waals surface area contributed by atoms with Crippen LogP contribution in [0.1, 0.15) is 5.56 Å². The standard InChI is InChI=1S/C9H10N2/c10-11-8-4-7-9-5-2-1-3-6-9/h1-8H,10H2/b7-4-,11-8+. The summed E-state index contributed by atoms with van der Waals surface area (Å²) in [4.78, 5) is 0. The summed E-state index contributed by atoms with van der Waals surface area (Å²) in [6.45, 7) is 0. The first kappa shape index (κ1) is 7.54. The average Bonchev–Trinajstić information content (AvgIpc) is 2.07. The van der Waals surface area contributed by atoms with E-state index in [1.807, 2.05) is 36.4 Å². The Morgan fingerprint density at radius 1 is 1.18 bits per heavy atom. The Kier molecular flexibility index (Phi) is 2.93. The Bertz CT molecular complexity index is 250. The Morgan fingerprint density at radius 2 is 1.91 bits per heavy atom. The van der Waals surface area contributed by atoms with Crippen LogP contribution < -0.4 is 5.84 Å². The van der Waals surface area contributed by atoms with E-state index in [9.17, 15) is 0 Å². The van der Waals surface area contributed by atoms with E-state index in [0.29, 0.717) is 0 Å². The number of hydrogen-bond donors (Lipinski definition) is 1. The third-order valence-corrected chi connectivity index (χ3v) is 1.26. The minimum Gasteiger partial charge on any atom is -0.323 e. The first-order chi connectivity index (χ1) is 5.43. The summed E-state index contributed by atoms with van der Waals surface area (Å²) in [5.74, 6) is 4.91. The number of allylic oxidation sites excluding steroid dienone is 1. The molecule has 0 aliphatic heterocycles. The number of nitrogens with two attached hydrogens (primary N) is 1. The molecule has 0 saturated heterocycles. The molecule has 0 saturated carbocycles. The normalized spacial score (nSPS) is 11.3. The highest BCUT2D eigenvalue weighted by molar-refractivity contribution is 5.77. The van der Waals surface area contributed by atoms with E-state index in [-0.39, 0.29) is 0 Å². The zero-order valence-corrected chi connectivity index (χ0v) is 6.14. The molecule has 1 aromatic rings. The van der Waals surface area contributed by atoms with E-state index in [4.69, 9.17) is 5.84 Å². The van der Waals surface area contributed by atoms with Gasteiger partial charge in [0.2, 0.25) is 0 Å². The van der Waals surface area contributed by atoms with Gasteiger partial charge in [-0.3, -0.25) is 0 Å². The maximum absolute atomic E-state index is 4.91. The summed E-state index contributed by atoms with van der Waals surface area (Å²) >= 11 is 0. The molecule has 0 fully saturated rings. The van der Waals surface area contributed by atoms with Gasteiger partial charge in [0.1, 0.15) is 0 Å². The molecule has 0 radical (unpaired) electrons. The monoisotopic (exact) mass is 146 g/mol. The third kappa shape index (κ3) is 2.67. The second-order valence-corrected chi connectivity index (χ2v) is 2.07. The molecule has 1 aromatic carbocycles. The van der Waals surface area contributed by atoms with Gasteiger partial charge in [-0.25, -0.2) is 0 Å². The molecule has 0 spiro atoms. The van der Waals surface area contributed by atoms with E-state index >= 15 is 0 Å². The summed E-state index contributed by atoms with van der Waals surface area (Å²) in [6, 6.07) is 9.98. The van der Waals surface area contributed by atoms with Gasteiger partial charge in [0, 0.05) is 6.21 Å². The second-order valence-electron chi connectivity index (χ2n) is 2.07. The molecule has 0 bridgehead atoms. The van der Waals surface area contributed by atoms with Gasteiger partial charge in [0.25, 0.3) is 0 Å². The fourth-order valence-electron chi connectivity index (χ4n) is 0.768. The van der Waals surface area contributed by atoms with Crippen molar-refractivity contribution in [3.8, 4) is 0 Å². The molecule has 2 N–H and O–H groups in total. The molecular weight excluding hydrogens is 136 g/mol. The van der Waals surface area contributed by atoms with E-state index in [1.54, 1.807) is 12.3 Å². The highest BCUT2D eigenvalue weighted by atomic mass is 15.1. The molecule has 0 unspecified atom stereocenters. The minimum atomic E-state index is 1.15. The van der Waals surface area contributed by atoms with Gasteiger partial charge >= 0.3 is 0 Å². The molecule has 2 heteroatoms. The molecule has 2 nitrogen and oxygen atoms in total. The molecule has 0 heterocycles. The van der Waals surface area contributed by atoms with Gasteiger partial charge in [-0.15, -0.1) is 0 Å². The Balaban J connectivity index is 2.64. The zero-order chi connectivity index (χ0) is 7.94. The van der Waals surface area contributed by atoms with E-state index in [2.05, 4.69) is 5.10 Å². The van der Waals surface area contributed by atoms with Crippen LogP contribution >= 0.6 is 0 Å². The lowest BCUT2D eigenvalue weighted by Gasteiger charge is -1.87. The van der Waals surface area contributed by atoms with Crippen molar-refractivity contribution in [1.82, 2.24) is 0 Å². The second kappa shape index (κ2) is 4.28. The van der Waals surface area contributed by atoms with Crippen LogP contribution in [0.2, 0.25) is 0 Å². The molecule has 0 aliphatic rings. The average molecular weight is 146 g/mol. The molecular formula is C9H10N2. The lowest BCUT2D eigenvalue weighted by molar-refractivity contribution is 1.27. The zero-order valence-electron chi connectivity index (χ0n) is 6.14. The molecule has 11 heavy (non-hydrogen) atoms. The van der Waals surface area contributed by atoms with Gasteiger partial charge in [-0.1, -0.05) is 36.4 Å². The van der Waals surface area contributed by atoms with E-state index in [1.165, 1.54) is 0 Å². The van der Waals surface area contributed by atoms with Crippen molar-refractivity contribution in [3.63, 3.8) is 0 Å². The fourth-order valence-corrected chi connectivity index (χ4v) is 0.768. The van der Waals surface area contributed by atoms with Crippen LogP contribution in [0.3, 0.4) is 0 Å². The van der Waals surface area contributed by atoms with Crippen LogP contribution in [-0.4, -0.2) is 6.21 Å². The molecule has 0 aromatic heterocycles. The molecule has 56 valence electrons. The molecule has 0 atom stereocenters. The maximum atomic E-state index is 4.91. The highest BCUT2D eigenvalue weighted by Crippen LogP contribution is 1.99. The predicted molar refractivity (Wildman–Crippen MR) is 48.2 cm³/mol. The smallest absolute Gasteiger partial charge is 0.0465 e. The SMILES string of the molecule is N/N=C/C=C\c1ccccc1. The molecule has 0 amide bonds. The number of nitrogens with zero attached hydrogens (tertiary/aromatic N) is 1. The van der Waals surface area contributed by atoms with Gasteiger partial charge < -0.3 is 5.84 Å². The van der Waals surface area contributed by atoms with Gasteiger partial charge in [0.15, 0.2) is 0 Å². The number of benzene rings is 1. The maximum Gasteiger partial charge on any atom is 0.0465 e. The Labute approximate surface area is 66.0 Å². The van der Waals surface area contributed by atoms with Crippen LogP contribution in [0.4, 0.5) is 0 Å². The molecule has 1 rings (SSSR count). The van der Waals surface area contributed by atoms with Gasteiger partial charge in [-0.05, 0) is 11.6 Å². The van der Waals surface area contributed by atoms with Gasteiger partial charge in [0.05, 0.1) is 0 Å². The Morgan fingerprint density at radius 3 is 2.55 bits per heavy atom. The van der Waals surface area contributed by atoms with Crippen molar-refractivity contribution in [1.29, 1.82) is 0 Å². The predicted octanol–water partition coefficient (Wildman–Crippen LogP) is 1.64. The topological polar surface area (TPSA) is 38.4 Å². The van der Waals surface area contributed by atoms with Crippen molar-refractivity contribution in [2.75, 3.05) is 0 Å². The fraction of sp³-hybridized carbons (Fsp3) is 0. The summed E-state index contributed by atoms with van der Waals surface area (Å²) in [7, 11) is 0. The first-order valence-corrected chi connectivity index (χ1v) is 3.38. The summed E-state index contributed by atoms with van der Waals surface area (Å²) in [5, 5.41) is 3.34. The summed E-state index contributed by atoms with van der Waals surface area (Å²) < 4.78 is 0. The van der Waals surface area contributed by atoms with Crippen LogP contribution in [0.5, 0.6) is 0 Å². The van der Waals surface area contributed by atoms with E-state index < -0.39 is 0 Å². The van der Waals surface area contributed by atoms with Crippen LogP contribution in [0.25, 0.3) is 6.08 Å². The highest BCUT2D eigenvalue weighted by Gasteiger charge is 1.78. The van der Waals surface area contributed by atoms with Crippen molar-refractivity contribution in [3.05, 3.63) is 42.0 Å². The van der Waals surface area contributed by atoms with E-state index in [0.717, 1.165) is 5.56 Å². The third-order valence-electron chi connectivity index (χ3n) is 1.26.